The Labute approximate surface area is 111 Å². The molecule has 1 atom stereocenters. The Balaban J connectivity index is 2.10. The maximum Gasteiger partial charge on any atom is 0.228 e. The number of carbonyl (C=O) groups is 1. The summed E-state index contributed by atoms with van der Waals surface area (Å²) in [5.74, 6) is 3.49. The molecule has 1 fully saturated rings. The third-order valence-corrected chi connectivity index (χ3v) is 4.13. The van der Waals surface area contributed by atoms with E-state index < -0.39 is 0 Å². The van der Waals surface area contributed by atoms with Gasteiger partial charge in [-0.3, -0.25) is 4.79 Å². The van der Waals surface area contributed by atoms with Gasteiger partial charge in [0.05, 0.1) is 19.9 Å². The molecule has 5 heteroatoms. The summed E-state index contributed by atoms with van der Waals surface area (Å²) in [7, 11) is 3.18. The standard InChI is InChI=1S/C13H17NO3S/c1-16-10-3-4-11(12(7-10)17-2)14-13(15)9-5-6-18-8-9/h3-4,7,9H,5-6,8H2,1-2H3,(H,14,15). The first-order chi connectivity index (χ1) is 8.74. The van der Waals surface area contributed by atoms with Crippen molar-refractivity contribution in [2.45, 2.75) is 6.42 Å². The highest BCUT2D eigenvalue weighted by atomic mass is 32.2. The van der Waals surface area contributed by atoms with Crippen LogP contribution >= 0.6 is 11.8 Å². The van der Waals surface area contributed by atoms with E-state index in [1.807, 2.05) is 17.8 Å². The Morgan fingerprint density at radius 3 is 2.83 bits per heavy atom. The molecule has 0 radical (unpaired) electrons. The number of rotatable bonds is 4. The summed E-state index contributed by atoms with van der Waals surface area (Å²) in [6.07, 6.45) is 0.953. The van der Waals surface area contributed by atoms with Crippen LogP contribution in [0.4, 0.5) is 5.69 Å². The minimum absolute atomic E-state index is 0.0727. The van der Waals surface area contributed by atoms with Gasteiger partial charge in [0.25, 0.3) is 0 Å². The third-order valence-electron chi connectivity index (χ3n) is 2.97. The molecule has 1 aromatic rings. The lowest BCUT2D eigenvalue weighted by atomic mass is 10.1. The normalized spacial score (nSPS) is 18.4. The summed E-state index contributed by atoms with van der Waals surface area (Å²) in [5.41, 5.74) is 0.695. The van der Waals surface area contributed by atoms with Gasteiger partial charge < -0.3 is 14.8 Å². The lowest BCUT2D eigenvalue weighted by Crippen LogP contribution is -2.22. The minimum atomic E-state index is 0.0727. The van der Waals surface area contributed by atoms with Crippen LogP contribution in [0.3, 0.4) is 0 Å². The fourth-order valence-electron chi connectivity index (χ4n) is 1.88. The Morgan fingerprint density at radius 2 is 2.22 bits per heavy atom. The average Bonchev–Trinajstić information content (AvgIpc) is 2.93. The molecule has 1 heterocycles. The van der Waals surface area contributed by atoms with Crippen LogP contribution in [0.1, 0.15) is 6.42 Å². The highest BCUT2D eigenvalue weighted by molar-refractivity contribution is 7.99. The summed E-state index contributed by atoms with van der Waals surface area (Å²) < 4.78 is 10.4. The zero-order chi connectivity index (χ0) is 13.0. The summed E-state index contributed by atoms with van der Waals surface area (Å²) in [6, 6.07) is 5.37. The molecule has 1 amide bonds. The summed E-state index contributed by atoms with van der Waals surface area (Å²) in [6.45, 7) is 0. The van der Waals surface area contributed by atoms with Gasteiger partial charge in [0.15, 0.2) is 0 Å². The monoisotopic (exact) mass is 267 g/mol. The molecule has 1 aliphatic heterocycles. The number of amides is 1. The molecular weight excluding hydrogens is 250 g/mol. The number of hydrogen-bond acceptors (Lipinski definition) is 4. The Kier molecular flexibility index (Phi) is 4.36. The number of ether oxygens (including phenoxy) is 2. The summed E-state index contributed by atoms with van der Waals surface area (Å²) in [4.78, 5) is 12.0. The lowest BCUT2D eigenvalue weighted by molar-refractivity contribution is -0.119. The second-order valence-corrected chi connectivity index (χ2v) is 5.27. The van der Waals surface area contributed by atoms with Gasteiger partial charge >= 0.3 is 0 Å². The van der Waals surface area contributed by atoms with Crippen LogP contribution in [-0.4, -0.2) is 31.6 Å². The van der Waals surface area contributed by atoms with E-state index in [-0.39, 0.29) is 11.8 Å². The molecule has 0 aromatic heterocycles. The van der Waals surface area contributed by atoms with Crippen molar-refractivity contribution in [3.05, 3.63) is 18.2 Å². The van der Waals surface area contributed by atoms with E-state index in [0.717, 1.165) is 17.9 Å². The summed E-state index contributed by atoms with van der Waals surface area (Å²) in [5, 5.41) is 2.92. The van der Waals surface area contributed by atoms with Gasteiger partial charge in [-0.15, -0.1) is 0 Å². The van der Waals surface area contributed by atoms with Gasteiger partial charge in [0.2, 0.25) is 5.91 Å². The number of thioether (sulfide) groups is 1. The van der Waals surface area contributed by atoms with Crippen molar-refractivity contribution in [2.24, 2.45) is 5.92 Å². The Bertz CT molecular complexity index is 430. The zero-order valence-electron chi connectivity index (χ0n) is 10.6. The quantitative estimate of drug-likeness (QED) is 0.910. The number of methoxy groups -OCH3 is 2. The molecule has 0 spiro atoms. The predicted octanol–water partition coefficient (Wildman–Crippen LogP) is 2.40. The Hall–Kier alpha value is -1.36. The van der Waals surface area contributed by atoms with Crippen molar-refractivity contribution >= 4 is 23.4 Å². The van der Waals surface area contributed by atoms with E-state index in [4.69, 9.17) is 9.47 Å². The fraction of sp³-hybridized carbons (Fsp3) is 0.462. The minimum Gasteiger partial charge on any atom is -0.497 e. The van der Waals surface area contributed by atoms with Crippen LogP contribution in [0, 0.1) is 5.92 Å². The number of nitrogens with one attached hydrogen (secondary N) is 1. The van der Waals surface area contributed by atoms with Crippen molar-refractivity contribution < 1.29 is 14.3 Å². The van der Waals surface area contributed by atoms with E-state index in [1.54, 1.807) is 26.4 Å². The molecule has 0 aliphatic carbocycles. The van der Waals surface area contributed by atoms with Crippen molar-refractivity contribution in [3.63, 3.8) is 0 Å². The van der Waals surface area contributed by atoms with E-state index in [0.29, 0.717) is 17.2 Å². The molecule has 2 rings (SSSR count). The molecule has 1 aromatic carbocycles. The Morgan fingerprint density at radius 1 is 1.39 bits per heavy atom. The molecule has 1 unspecified atom stereocenters. The molecule has 1 N–H and O–H groups in total. The van der Waals surface area contributed by atoms with Gasteiger partial charge in [-0.1, -0.05) is 0 Å². The van der Waals surface area contributed by atoms with Gasteiger partial charge in [-0.25, -0.2) is 0 Å². The smallest absolute Gasteiger partial charge is 0.228 e. The second kappa shape index (κ2) is 6.00. The molecular formula is C13H17NO3S. The first-order valence-corrected chi connectivity index (χ1v) is 7.00. The van der Waals surface area contributed by atoms with E-state index in [1.165, 1.54) is 0 Å². The lowest BCUT2D eigenvalue weighted by Gasteiger charge is -2.13. The largest absolute Gasteiger partial charge is 0.497 e. The molecule has 4 nitrogen and oxygen atoms in total. The topological polar surface area (TPSA) is 47.6 Å². The fourth-order valence-corrected chi connectivity index (χ4v) is 3.10. The van der Waals surface area contributed by atoms with Crippen LogP contribution in [0.5, 0.6) is 11.5 Å². The predicted molar refractivity (Wildman–Crippen MR) is 73.6 cm³/mol. The first kappa shape index (κ1) is 13.1. The highest BCUT2D eigenvalue weighted by Crippen LogP contribution is 2.31. The van der Waals surface area contributed by atoms with E-state index >= 15 is 0 Å². The van der Waals surface area contributed by atoms with E-state index in [9.17, 15) is 4.79 Å². The van der Waals surface area contributed by atoms with Crippen LogP contribution in [0.2, 0.25) is 0 Å². The van der Waals surface area contributed by atoms with E-state index in [2.05, 4.69) is 5.32 Å². The number of anilines is 1. The summed E-state index contributed by atoms with van der Waals surface area (Å²) >= 11 is 1.83. The van der Waals surface area contributed by atoms with Crippen molar-refractivity contribution in [3.8, 4) is 11.5 Å². The second-order valence-electron chi connectivity index (χ2n) is 4.12. The van der Waals surface area contributed by atoms with Crippen LogP contribution in [-0.2, 0) is 4.79 Å². The maximum absolute atomic E-state index is 12.0. The number of hydrogen-bond donors (Lipinski definition) is 1. The van der Waals surface area contributed by atoms with Crippen molar-refractivity contribution in [2.75, 3.05) is 31.0 Å². The third kappa shape index (κ3) is 2.90. The maximum atomic E-state index is 12.0. The average molecular weight is 267 g/mol. The van der Waals surface area contributed by atoms with Gasteiger partial charge in [0.1, 0.15) is 11.5 Å². The SMILES string of the molecule is COc1ccc(NC(=O)C2CCSC2)c(OC)c1. The molecule has 0 bridgehead atoms. The van der Waals surface area contributed by atoms with Gasteiger partial charge in [0, 0.05) is 17.7 Å². The molecule has 0 saturated carbocycles. The number of carbonyl (C=O) groups excluding carboxylic acids is 1. The molecule has 1 aliphatic rings. The molecule has 18 heavy (non-hydrogen) atoms. The molecule has 1 saturated heterocycles. The molecule has 98 valence electrons. The van der Waals surface area contributed by atoms with Gasteiger partial charge in [-0.05, 0) is 24.3 Å². The van der Waals surface area contributed by atoms with Crippen molar-refractivity contribution in [1.82, 2.24) is 0 Å². The number of benzene rings is 1. The van der Waals surface area contributed by atoms with Crippen LogP contribution in [0.25, 0.3) is 0 Å². The first-order valence-electron chi connectivity index (χ1n) is 5.85. The van der Waals surface area contributed by atoms with Crippen molar-refractivity contribution in [1.29, 1.82) is 0 Å². The highest BCUT2D eigenvalue weighted by Gasteiger charge is 2.23. The van der Waals surface area contributed by atoms with Gasteiger partial charge in [-0.2, -0.15) is 11.8 Å². The van der Waals surface area contributed by atoms with Crippen LogP contribution in [0.15, 0.2) is 18.2 Å². The zero-order valence-corrected chi connectivity index (χ0v) is 11.4. The van der Waals surface area contributed by atoms with Crippen LogP contribution < -0.4 is 14.8 Å².